The van der Waals surface area contributed by atoms with Crippen molar-refractivity contribution in [1.82, 2.24) is 4.98 Å². The van der Waals surface area contributed by atoms with Crippen molar-refractivity contribution in [2.24, 2.45) is 0 Å². The summed E-state index contributed by atoms with van der Waals surface area (Å²) < 4.78 is 5.52. The second kappa shape index (κ2) is 9.88. The van der Waals surface area contributed by atoms with Crippen molar-refractivity contribution in [3.05, 3.63) is 45.8 Å². The van der Waals surface area contributed by atoms with Crippen molar-refractivity contribution in [3.8, 4) is 0 Å². The van der Waals surface area contributed by atoms with E-state index in [9.17, 15) is 9.59 Å². The van der Waals surface area contributed by atoms with Gasteiger partial charge in [0.25, 0.3) is 5.91 Å². The summed E-state index contributed by atoms with van der Waals surface area (Å²) in [4.78, 5) is 28.6. The zero-order chi connectivity index (χ0) is 21.8. The molecule has 5 rings (SSSR count). The highest BCUT2D eigenvalue weighted by atomic mass is 32.2. The molecule has 2 N–H and O–H groups in total. The fraction of sp³-hybridized carbons (Fsp3) is 0.440. The minimum atomic E-state index is -0.0592. The number of amides is 1. The van der Waals surface area contributed by atoms with Gasteiger partial charge in [-0.15, -0.1) is 0 Å². The number of carbonyl (C=O) groups excluding carboxylic acids is 2. The van der Waals surface area contributed by atoms with E-state index >= 15 is 0 Å². The van der Waals surface area contributed by atoms with E-state index in [1.165, 1.54) is 53.7 Å². The van der Waals surface area contributed by atoms with Gasteiger partial charge in [-0.1, -0.05) is 20.3 Å². The molecule has 31 heavy (non-hydrogen) atoms. The van der Waals surface area contributed by atoms with E-state index in [1.807, 2.05) is 32.1 Å². The molecule has 0 spiro atoms. The summed E-state index contributed by atoms with van der Waals surface area (Å²) in [6, 6.07) is 3.99. The van der Waals surface area contributed by atoms with E-state index in [-0.39, 0.29) is 5.91 Å². The van der Waals surface area contributed by atoms with E-state index < -0.39 is 0 Å². The molecule has 2 aliphatic heterocycles. The topological polar surface area (TPSA) is 71.2 Å². The number of carbonyl (C=O) groups is 2. The smallest absolute Gasteiger partial charge is 0.256 e. The molecule has 0 bridgehead atoms. The zero-order valence-corrected chi connectivity index (χ0v) is 19.1. The van der Waals surface area contributed by atoms with Crippen molar-refractivity contribution < 1.29 is 13.8 Å². The third-order valence-corrected chi connectivity index (χ3v) is 6.96. The Kier molecular flexibility index (Phi) is 6.98. The highest BCUT2D eigenvalue weighted by Crippen LogP contribution is 2.43. The summed E-state index contributed by atoms with van der Waals surface area (Å²) in [5.74, 6) is -0.0592. The molecule has 1 aromatic heterocycles. The van der Waals surface area contributed by atoms with Gasteiger partial charge in [-0.25, -0.2) is 0 Å². The normalized spacial score (nSPS) is 18.3. The van der Waals surface area contributed by atoms with Crippen LogP contribution < -0.4 is 5.32 Å². The van der Waals surface area contributed by atoms with Gasteiger partial charge < -0.3 is 19.3 Å². The van der Waals surface area contributed by atoms with E-state index in [2.05, 4.69) is 10.3 Å². The Morgan fingerprint density at radius 1 is 1.10 bits per heavy atom. The number of nitrogens with one attached hydrogen (secondary N) is 2. The Morgan fingerprint density at radius 3 is 2.77 bits per heavy atom. The van der Waals surface area contributed by atoms with Crippen LogP contribution in [0.1, 0.15) is 73.2 Å². The molecule has 164 valence electrons. The molecule has 3 aliphatic rings. The average molecular weight is 439 g/mol. The summed E-state index contributed by atoms with van der Waals surface area (Å²) in [6.45, 7) is 4.65. The Balaban J connectivity index is 0.00000112. The summed E-state index contributed by atoms with van der Waals surface area (Å²) in [5.41, 5.74) is 8.65. The number of H-pyrrole nitrogens is 1. The highest BCUT2D eigenvalue weighted by molar-refractivity contribution is 7.94. The monoisotopic (exact) mass is 438 g/mol. The van der Waals surface area contributed by atoms with Gasteiger partial charge >= 0.3 is 0 Å². The molecule has 6 heteroatoms. The Hall–Kier alpha value is -2.31. The number of aromatic nitrogens is 1. The molecular weight excluding hydrogens is 408 g/mol. The molecule has 0 atom stereocenters. The Morgan fingerprint density at radius 2 is 1.94 bits per heavy atom. The second-order valence-electron chi connectivity index (χ2n) is 7.87. The predicted molar refractivity (Wildman–Crippen MR) is 126 cm³/mol. The number of aryl methyl sites for hydroxylation is 1. The van der Waals surface area contributed by atoms with Crippen molar-refractivity contribution in [2.75, 3.05) is 11.9 Å². The summed E-state index contributed by atoms with van der Waals surface area (Å²) in [6.07, 6.45) is 10.7. The number of anilines is 1. The van der Waals surface area contributed by atoms with Crippen molar-refractivity contribution in [3.63, 3.8) is 0 Å². The van der Waals surface area contributed by atoms with Crippen LogP contribution in [0.15, 0.2) is 17.0 Å². The molecule has 3 heterocycles. The van der Waals surface area contributed by atoms with Crippen LogP contribution in [0.2, 0.25) is 0 Å². The van der Waals surface area contributed by atoms with Crippen molar-refractivity contribution in [1.29, 1.82) is 0 Å². The maximum Gasteiger partial charge on any atom is 0.256 e. The molecule has 0 fully saturated rings. The van der Waals surface area contributed by atoms with Gasteiger partial charge in [-0.3, -0.25) is 4.79 Å². The number of fused-ring (bicyclic) bond motifs is 4. The number of hydrogen-bond donors (Lipinski definition) is 2. The minimum absolute atomic E-state index is 0.0592. The van der Waals surface area contributed by atoms with Gasteiger partial charge in [0.2, 0.25) is 0 Å². The standard InChI is InChI=1S/C23H24N2O3S.C2H6/c26-11-4-6-15-14-5-2-1-3-7-18(14)24-20(15)13-17-22-16-10-12-28-29-21(16)9-8-19(22)25-23(17)27;1-2/h8-9,11,13,24H,1-7,10,12H2,(H,25,27);1-2H3/b17-13-;. The molecular formula is C25H30N2O3S. The quantitative estimate of drug-likeness (QED) is 0.286. The fourth-order valence-corrected chi connectivity index (χ4v) is 5.49. The van der Waals surface area contributed by atoms with Crippen molar-refractivity contribution in [2.45, 2.75) is 70.1 Å². The van der Waals surface area contributed by atoms with Crippen LogP contribution in [-0.4, -0.2) is 23.8 Å². The van der Waals surface area contributed by atoms with Crippen LogP contribution in [0.3, 0.4) is 0 Å². The molecule has 5 nitrogen and oxygen atoms in total. The molecule has 1 aromatic carbocycles. The first-order chi connectivity index (χ1) is 15.3. The first-order valence-electron chi connectivity index (χ1n) is 11.4. The lowest BCUT2D eigenvalue weighted by molar-refractivity contribution is -0.111. The number of rotatable bonds is 4. The summed E-state index contributed by atoms with van der Waals surface area (Å²) in [5, 5.41) is 3.02. The fourth-order valence-electron chi connectivity index (χ4n) is 4.77. The predicted octanol–water partition coefficient (Wildman–Crippen LogP) is 5.51. The van der Waals surface area contributed by atoms with Gasteiger partial charge in [0.05, 0.1) is 12.2 Å². The van der Waals surface area contributed by atoms with Gasteiger partial charge in [0.1, 0.15) is 6.29 Å². The van der Waals surface area contributed by atoms with Crippen LogP contribution in [0.25, 0.3) is 11.6 Å². The summed E-state index contributed by atoms with van der Waals surface area (Å²) >= 11 is 1.39. The van der Waals surface area contributed by atoms with Gasteiger partial charge in [-0.05, 0) is 73.4 Å². The Bertz CT molecular complexity index is 1020. The van der Waals surface area contributed by atoms with Crippen LogP contribution in [-0.2, 0) is 39.5 Å². The Labute approximate surface area is 188 Å². The molecule has 0 unspecified atom stereocenters. The number of aromatic amines is 1. The maximum absolute atomic E-state index is 12.9. The molecule has 0 radical (unpaired) electrons. The molecule has 1 aliphatic carbocycles. The van der Waals surface area contributed by atoms with Crippen molar-refractivity contribution >= 4 is 41.6 Å². The van der Waals surface area contributed by atoms with Gasteiger partial charge in [0.15, 0.2) is 0 Å². The van der Waals surface area contributed by atoms with Crippen LogP contribution in [0.5, 0.6) is 0 Å². The lowest BCUT2D eigenvalue weighted by Gasteiger charge is -2.18. The lowest BCUT2D eigenvalue weighted by Crippen LogP contribution is -2.06. The zero-order valence-electron chi connectivity index (χ0n) is 18.3. The van der Waals surface area contributed by atoms with E-state index in [1.54, 1.807) is 0 Å². The largest absolute Gasteiger partial charge is 0.358 e. The number of aldehydes is 1. The highest BCUT2D eigenvalue weighted by Gasteiger charge is 2.30. The first kappa shape index (κ1) is 21.9. The molecule has 0 saturated heterocycles. The second-order valence-corrected chi connectivity index (χ2v) is 8.71. The van der Waals surface area contributed by atoms with Crippen LogP contribution in [0.4, 0.5) is 5.69 Å². The van der Waals surface area contributed by atoms with E-state index in [4.69, 9.17) is 4.18 Å². The average Bonchev–Trinajstić information content (AvgIpc) is 3.19. The third kappa shape index (κ3) is 4.23. The summed E-state index contributed by atoms with van der Waals surface area (Å²) in [7, 11) is 0. The van der Waals surface area contributed by atoms with Gasteiger partial charge in [-0.2, -0.15) is 0 Å². The number of hydrogen-bond acceptors (Lipinski definition) is 4. The molecule has 0 saturated carbocycles. The SMILES string of the molecule is CC.O=CCCc1c(/C=C2\C(=O)Nc3ccc4c(c32)CCOS4)[nH]c2c1CCCCC2. The van der Waals surface area contributed by atoms with Crippen LogP contribution in [0, 0.1) is 0 Å². The minimum Gasteiger partial charge on any atom is -0.358 e. The third-order valence-electron chi connectivity index (χ3n) is 6.11. The first-order valence-corrected chi connectivity index (χ1v) is 12.2. The van der Waals surface area contributed by atoms with E-state index in [0.717, 1.165) is 53.8 Å². The number of benzene rings is 1. The van der Waals surface area contributed by atoms with Crippen LogP contribution >= 0.6 is 12.0 Å². The maximum atomic E-state index is 12.9. The molecule has 2 aromatic rings. The van der Waals surface area contributed by atoms with E-state index in [0.29, 0.717) is 18.6 Å². The molecule has 1 amide bonds. The lowest BCUT2D eigenvalue weighted by atomic mass is 9.95. The van der Waals surface area contributed by atoms with Gasteiger partial charge in [0, 0.05) is 46.0 Å².